The summed E-state index contributed by atoms with van der Waals surface area (Å²) in [6.45, 7) is -3.06. The van der Waals surface area contributed by atoms with Gasteiger partial charge in [0, 0.05) is 12.1 Å². The summed E-state index contributed by atoms with van der Waals surface area (Å²) >= 11 is 0. The molecule has 0 aliphatic carbocycles. The van der Waals surface area contributed by atoms with Gasteiger partial charge in [-0.2, -0.15) is 0 Å². The van der Waals surface area contributed by atoms with Crippen molar-refractivity contribution >= 4 is 35.7 Å². The summed E-state index contributed by atoms with van der Waals surface area (Å²) in [5, 5.41) is 35.4. The Morgan fingerprint density at radius 2 is 1.03 bits per heavy atom. The molecule has 36 heavy (non-hydrogen) atoms. The molecule has 0 aliphatic rings. The smallest absolute Gasteiger partial charge is 0.341 e. The van der Waals surface area contributed by atoms with Gasteiger partial charge >= 0.3 is 23.9 Å². The summed E-state index contributed by atoms with van der Waals surface area (Å²) in [7, 11) is 0. The molecule has 0 unspecified atom stereocenters. The Labute approximate surface area is 202 Å². The lowest BCUT2D eigenvalue weighted by Crippen LogP contribution is -2.16. The first kappa shape index (κ1) is 27.2. The number of ketones is 1. The van der Waals surface area contributed by atoms with E-state index in [9.17, 15) is 24.0 Å². The van der Waals surface area contributed by atoms with Gasteiger partial charge in [0.15, 0.2) is 32.2 Å². The van der Waals surface area contributed by atoms with E-state index in [0.717, 1.165) is 18.2 Å². The summed E-state index contributed by atoms with van der Waals surface area (Å²) in [4.78, 5) is 56.4. The van der Waals surface area contributed by atoms with Gasteiger partial charge in [0.2, 0.25) is 0 Å². The lowest BCUT2D eigenvalue weighted by atomic mass is 10.1. The number of ether oxygens (including phenoxy) is 4. The van der Waals surface area contributed by atoms with Crippen LogP contribution >= 0.6 is 0 Å². The van der Waals surface area contributed by atoms with Crippen LogP contribution in [0.3, 0.4) is 0 Å². The number of carbonyl (C=O) groups excluding carboxylic acids is 1. The molecule has 0 aromatic heterocycles. The molecular weight excluding hydrogens is 484 g/mol. The first-order valence-electron chi connectivity index (χ1n) is 9.94. The van der Waals surface area contributed by atoms with Gasteiger partial charge in [-0.05, 0) is 23.8 Å². The van der Waals surface area contributed by atoms with Crippen LogP contribution in [-0.4, -0.2) is 76.5 Å². The molecule has 0 aliphatic heterocycles. The third kappa shape index (κ3) is 9.05. The molecule has 0 heterocycles. The number of carboxylic acid groups (broad SMARTS) is 4. The minimum atomic E-state index is -1.38. The van der Waals surface area contributed by atoms with Crippen LogP contribution in [-0.2, 0) is 19.2 Å². The van der Waals surface area contributed by atoms with Crippen LogP contribution in [0.1, 0.15) is 15.9 Å². The minimum absolute atomic E-state index is 0.171. The summed E-state index contributed by atoms with van der Waals surface area (Å²) in [5.74, 6) is -6.54. The topological polar surface area (TPSA) is 203 Å². The fourth-order valence-electron chi connectivity index (χ4n) is 2.62. The second kappa shape index (κ2) is 13.0. The maximum absolute atomic E-state index is 13.0. The number of carbonyl (C=O) groups is 5. The summed E-state index contributed by atoms with van der Waals surface area (Å²) < 4.78 is 20.4. The zero-order chi connectivity index (χ0) is 26.7. The monoisotopic (exact) mass is 504 g/mol. The van der Waals surface area contributed by atoms with E-state index >= 15 is 0 Å². The molecule has 0 atom stereocenters. The zero-order valence-electron chi connectivity index (χ0n) is 18.4. The Morgan fingerprint density at radius 3 is 1.47 bits per heavy atom. The number of benzene rings is 2. The average molecular weight is 504 g/mol. The van der Waals surface area contributed by atoms with Crippen LogP contribution < -0.4 is 18.9 Å². The van der Waals surface area contributed by atoms with Gasteiger partial charge in [-0.1, -0.05) is 18.2 Å². The van der Waals surface area contributed by atoms with E-state index in [-0.39, 0.29) is 28.6 Å². The highest BCUT2D eigenvalue weighted by Gasteiger charge is 2.22. The van der Waals surface area contributed by atoms with Crippen LogP contribution in [0.4, 0.5) is 0 Å². The molecule has 0 saturated heterocycles. The highest BCUT2D eigenvalue weighted by molar-refractivity contribution is 6.10. The van der Waals surface area contributed by atoms with Gasteiger partial charge in [-0.15, -0.1) is 0 Å². The molecule has 4 N–H and O–H groups in total. The summed E-state index contributed by atoms with van der Waals surface area (Å²) in [5.41, 5.74) is 0.186. The Hall–Kier alpha value is -5.07. The molecular formula is C23H20O13. The van der Waals surface area contributed by atoms with Crippen molar-refractivity contribution in [1.29, 1.82) is 0 Å². The van der Waals surface area contributed by atoms with E-state index in [4.69, 9.17) is 39.4 Å². The van der Waals surface area contributed by atoms with Gasteiger partial charge in [0.1, 0.15) is 28.6 Å². The average Bonchev–Trinajstić information content (AvgIpc) is 2.82. The third-order valence-corrected chi connectivity index (χ3v) is 4.02. The zero-order valence-corrected chi connectivity index (χ0v) is 18.4. The second-order valence-electron chi connectivity index (χ2n) is 6.79. The van der Waals surface area contributed by atoms with E-state index in [1.165, 1.54) is 30.3 Å². The summed E-state index contributed by atoms with van der Waals surface area (Å²) in [6, 6.07) is 8.18. The number of carboxylic acids is 4. The van der Waals surface area contributed by atoms with Crippen molar-refractivity contribution in [3.8, 4) is 23.0 Å². The Kier molecular flexibility index (Phi) is 9.80. The van der Waals surface area contributed by atoms with Crippen molar-refractivity contribution in [3.63, 3.8) is 0 Å². The molecule has 0 spiro atoms. The molecule has 0 fully saturated rings. The number of rotatable bonds is 15. The maximum Gasteiger partial charge on any atom is 0.341 e. The van der Waals surface area contributed by atoms with Gasteiger partial charge in [0.05, 0.1) is 0 Å². The number of aliphatic carboxylic acids is 4. The standard InChI is InChI=1S/C23H20O13/c24-16(6-3-13-1-4-14(5-2-13)33-9-19(25)26)23-17(35-11-21(29)30)7-15(34-10-20(27)28)8-18(23)36-12-22(31)32/h1-8H,9-12H2,(H,25,26)(H,27,28)(H,29,30)(H,31,32)/b6-3+. The fourth-order valence-corrected chi connectivity index (χ4v) is 2.62. The molecule has 0 radical (unpaired) electrons. The first-order valence-corrected chi connectivity index (χ1v) is 9.94. The van der Waals surface area contributed by atoms with Crippen LogP contribution in [0, 0.1) is 0 Å². The molecule has 0 saturated carbocycles. The normalized spacial score (nSPS) is 10.4. The number of hydrogen-bond donors (Lipinski definition) is 4. The first-order chi connectivity index (χ1) is 17.0. The largest absolute Gasteiger partial charge is 0.482 e. The van der Waals surface area contributed by atoms with Gasteiger partial charge in [0.25, 0.3) is 0 Å². The third-order valence-electron chi connectivity index (χ3n) is 4.02. The Balaban J connectivity index is 2.39. The number of allylic oxidation sites excluding steroid dienone is 1. The van der Waals surface area contributed by atoms with E-state index in [1.807, 2.05) is 0 Å². The van der Waals surface area contributed by atoms with Crippen molar-refractivity contribution < 1.29 is 63.3 Å². The van der Waals surface area contributed by atoms with Crippen molar-refractivity contribution in [2.75, 3.05) is 26.4 Å². The Bertz CT molecular complexity index is 1130. The molecule has 13 heteroatoms. The van der Waals surface area contributed by atoms with Gasteiger partial charge in [-0.3, -0.25) is 4.79 Å². The molecule has 2 aromatic rings. The second-order valence-corrected chi connectivity index (χ2v) is 6.79. The SMILES string of the molecule is O=C(O)COc1ccc(/C=C/C(=O)c2c(OCC(=O)O)cc(OCC(=O)O)cc2OCC(=O)O)cc1. The van der Waals surface area contributed by atoms with E-state index < -0.39 is 56.1 Å². The molecule has 2 rings (SSSR count). The molecule has 0 amide bonds. The number of hydrogen-bond acceptors (Lipinski definition) is 9. The molecule has 190 valence electrons. The van der Waals surface area contributed by atoms with Crippen LogP contribution in [0.25, 0.3) is 6.08 Å². The lowest BCUT2D eigenvalue weighted by molar-refractivity contribution is -0.140. The highest BCUT2D eigenvalue weighted by Crippen LogP contribution is 2.35. The van der Waals surface area contributed by atoms with Crippen molar-refractivity contribution in [1.82, 2.24) is 0 Å². The lowest BCUT2D eigenvalue weighted by Gasteiger charge is -2.16. The van der Waals surface area contributed by atoms with Crippen molar-refractivity contribution in [2.24, 2.45) is 0 Å². The fraction of sp³-hybridized carbons (Fsp3) is 0.174. The van der Waals surface area contributed by atoms with E-state index in [2.05, 4.69) is 0 Å². The van der Waals surface area contributed by atoms with Crippen molar-refractivity contribution in [3.05, 3.63) is 53.6 Å². The van der Waals surface area contributed by atoms with Crippen molar-refractivity contribution in [2.45, 2.75) is 0 Å². The van der Waals surface area contributed by atoms with E-state index in [1.54, 1.807) is 0 Å². The Morgan fingerprint density at radius 1 is 0.611 bits per heavy atom. The molecule has 2 aromatic carbocycles. The minimum Gasteiger partial charge on any atom is -0.482 e. The predicted molar refractivity (Wildman–Crippen MR) is 119 cm³/mol. The molecule has 0 bridgehead atoms. The van der Waals surface area contributed by atoms with Gasteiger partial charge in [-0.25, -0.2) is 19.2 Å². The van der Waals surface area contributed by atoms with Crippen LogP contribution in [0.2, 0.25) is 0 Å². The van der Waals surface area contributed by atoms with E-state index in [0.29, 0.717) is 5.56 Å². The summed E-state index contributed by atoms with van der Waals surface area (Å²) in [6.07, 6.45) is 2.46. The predicted octanol–water partition coefficient (Wildman–Crippen LogP) is 1.44. The highest BCUT2D eigenvalue weighted by atomic mass is 16.5. The quantitative estimate of drug-likeness (QED) is 0.200. The maximum atomic E-state index is 13.0. The van der Waals surface area contributed by atoms with Crippen LogP contribution in [0.15, 0.2) is 42.5 Å². The molecule has 13 nitrogen and oxygen atoms in total. The van der Waals surface area contributed by atoms with Gasteiger partial charge < -0.3 is 39.4 Å². The van der Waals surface area contributed by atoms with Crippen LogP contribution in [0.5, 0.6) is 23.0 Å².